The molecule has 3 unspecified atom stereocenters. The lowest BCUT2D eigenvalue weighted by Crippen LogP contribution is -2.51. The average Bonchev–Trinajstić information content (AvgIpc) is 3.26. The quantitative estimate of drug-likeness (QED) is 0.695. The predicted molar refractivity (Wildman–Crippen MR) is 99.5 cm³/mol. The molecule has 2 saturated heterocycles. The molecule has 0 radical (unpaired) electrons. The van der Waals surface area contributed by atoms with Crippen LogP contribution in [0.15, 0.2) is 4.52 Å². The minimum absolute atomic E-state index is 0.0775. The number of halogens is 2. The first kappa shape index (κ1) is 21.1. The van der Waals surface area contributed by atoms with Crippen LogP contribution in [-0.4, -0.2) is 76.6 Å². The predicted octanol–water partition coefficient (Wildman–Crippen LogP) is 1.21. The monoisotopic (exact) mass is 427 g/mol. The molecule has 11 heteroatoms. The summed E-state index contributed by atoms with van der Waals surface area (Å²) in [5.41, 5.74) is 6.06. The van der Waals surface area contributed by atoms with E-state index in [1.54, 1.807) is 12.0 Å². The Morgan fingerprint density at radius 2 is 2.20 bits per heavy atom. The number of nitrogens with zero attached hydrogens (tertiary/aromatic N) is 4. The summed E-state index contributed by atoms with van der Waals surface area (Å²) in [5.74, 6) is -2.15. The van der Waals surface area contributed by atoms with E-state index in [1.165, 1.54) is 0 Å². The van der Waals surface area contributed by atoms with Gasteiger partial charge in [0.25, 0.3) is 5.92 Å². The van der Waals surface area contributed by atoms with Crippen molar-refractivity contribution in [1.29, 1.82) is 0 Å². The Hall–Kier alpha value is -2.14. The van der Waals surface area contributed by atoms with Gasteiger partial charge in [0.2, 0.25) is 17.7 Å². The molecule has 2 aliphatic heterocycles. The summed E-state index contributed by atoms with van der Waals surface area (Å²) in [6, 6.07) is -1.15. The number of carbonyl (C=O) groups excluding carboxylic acids is 2. The van der Waals surface area contributed by atoms with Crippen molar-refractivity contribution in [3.05, 3.63) is 11.7 Å². The average molecular weight is 427 g/mol. The van der Waals surface area contributed by atoms with Gasteiger partial charge in [-0.15, -0.1) is 0 Å². The Morgan fingerprint density at radius 1 is 1.43 bits per heavy atom. The van der Waals surface area contributed by atoms with Crippen molar-refractivity contribution in [2.75, 3.05) is 26.7 Å². The number of hydrogen-bond acceptors (Lipinski definition) is 7. The van der Waals surface area contributed by atoms with Crippen LogP contribution >= 0.6 is 0 Å². The van der Waals surface area contributed by atoms with Gasteiger partial charge in [0.1, 0.15) is 6.04 Å². The molecule has 3 atom stereocenters. The van der Waals surface area contributed by atoms with E-state index < -0.39 is 31.0 Å². The molecule has 3 fully saturated rings. The van der Waals surface area contributed by atoms with E-state index in [0.717, 1.165) is 17.7 Å². The summed E-state index contributed by atoms with van der Waals surface area (Å²) in [4.78, 5) is 32.0. The second kappa shape index (κ2) is 8.18. The van der Waals surface area contributed by atoms with Crippen LogP contribution in [0.3, 0.4) is 0 Å². The van der Waals surface area contributed by atoms with Crippen LogP contribution in [0.5, 0.6) is 0 Å². The second-order valence-corrected chi connectivity index (χ2v) is 8.51. The fourth-order valence-electron chi connectivity index (χ4n) is 4.12. The van der Waals surface area contributed by atoms with Gasteiger partial charge < -0.3 is 24.8 Å². The number of aromatic nitrogens is 2. The van der Waals surface area contributed by atoms with Crippen molar-refractivity contribution < 1.29 is 27.6 Å². The fourth-order valence-corrected chi connectivity index (χ4v) is 4.12. The highest BCUT2D eigenvalue weighted by Gasteiger charge is 2.42. The third kappa shape index (κ3) is 4.61. The largest absolute Gasteiger partial charge is 0.380 e. The number of piperidine rings is 1. The van der Waals surface area contributed by atoms with E-state index in [0.29, 0.717) is 30.6 Å². The molecule has 0 spiro atoms. The first-order valence-corrected chi connectivity index (χ1v) is 10.3. The van der Waals surface area contributed by atoms with Crippen molar-refractivity contribution in [2.24, 2.45) is 5.73 Å². The number of rotatable bonds is 7. The number of amides is 2. The zero-order valence-electron chi connectivity index (χ0n) is 16.9. The van der Waals surface area contributed by atoms with Crippen LogP contribution in [0.1, 0.15) is 62.2 Å². The number of nitrogens with two attached hydrogens (primary N) is 1. The lowest BCUT2D eigenvalue weighted by molar-refractivity contribution is -0.148. The maximum absolute atomic E-state index is 13.6. The van der Waals surface area contributed by atoms with Gasteiger partial charge in [0.15, 0.2) is 5.82 Å². The molecule has 2 N–H and O–H groups in total. The van der Waals surface area contributed by atoms with Gasteiger partial charge in [-0.05, 0) is 12.8 Å². The van der Waals surface area contributed by atoms with Gasteiger partial charge in [-0.25, -0.2) is 8.78 Å². The molecule has 9 nitrogen and oxygen atoms in total. The molecule has 1 aromatic heterocycles. The van der Waals surface area contributed by atoms with Gasteiger partial charge >= 0.3 is 0 Å². The SMILES string of the molecule is COC1CC(c2nc(C3CC3)no2)N(C(=O)CC(N)CN2CC(F)(F)CCC2=O)C1. The van der Waals surface area contributed by atoms with Crippen molar-refractivity contribution in [1.82, 2.24) is 19.9 Å². The zero-order valence-corrected chi connectivity index (χ0v) is 16.9. The van der Waals surface area contributed by atoms with Gasteiger partial charge in [-0.2, -0.15) is 4.98 Å². The van der Waals surface area contributed by atoms with Crippen LogP contribution in [-0.2, 0) is 14.3 Å². The van der Waals surface area contributed by atoms with Gasteiger partial charge in [0, 0.05) is 57.8 Å². The van der Waals surface area contributed by atoms with E-state index in [2.05, 4.69) is 10.1 Å². The van der Waals surface area contributed by atoms with Crippen LogP contribution in [0.2, 0.25) is 0 Å². The van der Waals surface area contributed by atoms with E-state index in [-0.39, 0.29) is 37.3 Å². The number of methoxy groups -OCH3 is 1. The smallest absolute Gasteiger partial charge is 0.265 e. The van der Waals surface area contributed by atoms with E-state index in [4.69, 9.17) is 15.0 Å². The third-order valence-corrected chi connectivity index (χ3v) is 5.97. The van der Waals surface area contributed by atoms with Crippen LogP contribution < -0.4 is 5.73 Å². The van der Waals surface area contributed by atoms with E-state index in [9.17, 15) is 18.4 Å². The lowest BCUT2D eigenvalue weighted by Gasteiger charge is -2.34. The number of ether oxygens (including phenoxy) is 1. The number of hydrogen-bond donors (Lipinski definition) is 1. The number of alkyl halides is 2. The molecular formula is C19H27F2N5O4. The van der Waals surface area contributed by atoms with Gasteiger partial charge in [-0.3, -0.25) is 9.59 Å². The summed E-state index contributed by atoms with van der Waals surface area (Å²) >= 11 is 0. The standard InChI is InChI=1S/C19H27F2N5O4/c1-29-13-7-14(18-23-17(24-30-18)11-2-3-11)26(9-13)16(28)6-12(22)8-25-10-19(20,21)5-4-15(25)27/h11-14H,2-10,22H2,1H3. The second-order valence-electron chi connectivity index (χ2n) is 8.51. The minimum atomic E-state index is -2.92. The van der Waals surface area contributed by atoms with Crippen LogP contribution in [0.4, 0.5) is 8.78 Å². The van der Waals surface area contributed by atoms with Crippen molar-refractivity contribution >= 4 is 11.8 Å². The molecule has 0 aromatic carbocycles. The molecular weight excluding hydrogens is 400 g/mol. The minimum Gasteiger partial charge on any atom is -0.380 e. The molecule has 2 amide bonds. The number of likely N-dealkylation sites (tertiary alicyclic amines) is 2. The Kier molecular flexibility index (Phi) is 5.75. The molecule has 3 aliphatic rings. The Labute approximate surface area is 172 Å². The Bertz CT molecular complexity index is 800. The Morgan fingerprint density at radius 3 is 2.90 bits per heavy atom. The first-order chi connectivity index (χ1) is 14.3. The van der Waals surface area contributed by atoms with E-state index >= 15 is 0 Å². The highest BCUT2D eigenvalue weighted by Crippen LogP contribution is 2.40. The molecule has 1 aliphatic carbocycles. The summed E-state index contributed by atoms with van der Waals surface area (Å²) < 4.78 is 38.1. The molecule has 166 valence electrons. The summed E-state index contributed by atoms with van der Waals surface area (Å²) in [5, 5.41) is 4.02. The molecule has 0 bridgehead atoms. The molecule has 3 heterocycles. The molecule has 30 heavy (non-hydrogen) atoms. The maximum atomic E-state index is 13.6. The number of carbonyl (C=O) groups is 2. The van der Waals surface area contributed by atoms with Crippen LogP contribution in [0, 0.1) is 0 Å². The highest BCUT2D eigenvalue weighted by atomic mass is 19.3. The summed E-state index contributed by atoms with van der Waals surface area (Å²) in [6.45, 7) is -0.384. The molecule has 4 rings (SSSR count). The third-order valence-electron chi connectivity index (χ3n) is 5.97. The fraction of sp³-hybridized carbons (Fsp3) is 0.789. The molecule has 1 saturated carbocycles. The topological polar surface area (TPSA) is 115 Å². The van der Waals surface area contributed by atoms with Crippen molar-refractivity contribution in [3.63, 3.8) is 0 Å². The van der Waals surface area contributed by atoms with Crippen molar-refractivity contribution in [2.45, 2.75) is 68.6 Å². The van der Waals surface area contributed by atoms with Crippen LogP contribution in [0.25, 0.3) is 0 Å². The first-order valence-electron chi connectivity index (χ1n) is 10.3. The zero-order chi connectivity index (χ0) is 21.5. The van der Waals surface area contributed by atoms with Gasteiger partial charge in [-0.1, -0.05) is 5.16 Å². The summed E-state index contributed by atoms with van der Waals surface area (Å²) in [7, 11) is 1.58. The highest BCUT2D eigenvalue weighted by molar-refractivity contribution is 5.79. The normalized spacial score (nSPS) is 27.5. The van der Waals surface area contributed by atoms with E-state index in [1.807, 2.05) is 0 Å². The lowest BCUT2D eigenvalue weighted by atomic mass is 10.0. The Balaban J connectivity index is 1.39. The summed E-state index contributed by atoms with van der Waals surface area (Å²) in [6.07, 6.45) is 1.70. The maximum Gasteiger partial charge on any atom is 0.265 e. The van der Waals surface area contributed by atoms with Gasteiger partial charge in [0.05, 0.1) is 12.6 Å². The van der Waals surface area contributed by atoms with Crippen molar-refractivity contribution in [3.8, 4) is 0 Å². The molecule has 1 aromatic rings.